The van der Waals surface area contributed by atoms with Crippen molar-refractivity contribution < 1.29 is 9.59 Å². The Morgan fingerprint density at radius 2 is 2.28 bits per heavy atom. The van der Waals surface area contributed by atoms with Crippen LogP contribution in [0.3, 0.4) is 0 Å². The molecule has 5 nitrogen and oxygen atoms in total. The molecule has 18 heavy (non-hydrogen) atoms. The summed E-state index contributed by atoms with van der Waals surface area (Å²) in [7, 11) is 0. The van der Waals surface area contributed by atoms with E-state index in [1.165, 1.54) is 4.90 Å². The van der Waals surface area contributed by atoms with Crippen LogP contribution in [0.4, 0.5) is 5.69 Å². The third-order valence-electron chi connectivity index (χ3n) is 2.90. The summed E-state index contributed by atoms with van der Waals surface area (Å²) in [5.41, 5.74) is 6.12. The van der Waals surface area contributed by atoms with E-state index in [1.807, 2.05) is 6.07 Å². The minimum atomic E-state index is -0.485. The number of nitrogens with two attached hydrogens (primary N) is 1. The van der Waals surface area contributed by atoms with Crippen LogP contribution in [0.2, 0.25) is 0 Å². The molecule has 6 heteroatoms. The van der Waals surface area contributed by atoms with Gasteiger partial charge in [-0.1, -0.05) is 15.9 Å². The minimum Gasteiger partial charge on any atom is -0.369 e. The second-order valence-electron chi connectivity index (χ2n) is 4.08. The molecule has 0 radical (unpaired) electrons. The summed E-state index contributed by atoms with van der Waals surface area (Å²) in [6.45, 7) is 0.241. The zero-order valence-corrected chi connectivity index (χ0v) is 11.0. The Morgan fingerprint density at radius 3 is 2.83 bits per heavy atom. The maximum Gasteiger partial charge on any atom is 0.227 e. The third kappa shape index (κ3) is 2.22. The highest BCUT2D eigenvalue weighted by Crippen LogP contribution is 2.29. The monoisotopic (exact) mass is 307 g/mol. The first-order valence-electron chi connectivity index (χ1n) is 5.32. The van der Waals surface area contributed by atoms with Crippen molar-refractivity contribution in [3.8, 4) is 6.07 Å². The van der Waals surface area contributed by atoms with Crippen molar-refractivity contribution in [2.45, 2.75) is 6.42 Å². The molecule has 1 atom stereocenters. The number of nitriles is 1. The van der Waals surface area contributed by atoms with E-state index in [4.69, 9.17) is 11.0 Å². The molecule has 1 heterocycles. The SMILES string of the molecule is N#Cc1cc(Br)ccc1N1CC(C(N)=O)CC1=O. The van der Waals surface area contributed by atoms with Gasteiger partial charge in [-0.2, -0.15) is 5.26 Å². The van der Waals surface area contributed by atoms with E-state index in [0.717, 1.165) is 4.47 Å². The fourth-order valence-electron chi connectivity index (χ4n) is 1.96. The van der Waals surface area contributed by atoms with Crippen molar-refractivity contribution in [2.24, 2.45) is 11.7 Å². The summed E-state index contributed by atoms with van der Waals surface area (Å²) < 4.78 is 0.765. The zero-order chi connectivity index (χ0) is 13.3. The van der Waals surface area contributed by atoms with Gasteiger partial charge in [0.15, 0.2) is 0 Å². The number of amides is 2. The van der Waals surface area contributed by atoms with Gasteiger partial charge in [-0.15, -0.1) is 0 Å². The highest BCUT2D eigenvalue weighted by Gasteiger charge is 2.34. The number of carbonyl (C=O) groups is 2. The molecule has 1 aromatic carbocycles. The van der Waals surface area contributed by atoms with Gasteiger partial charge in [-0.3, -0.25) is 9.59 Å². The van der Waals surface area contributed by atoms with Crippen molar-refractivity contribution in [3.63, 3.8) is 0 Å². The predicted octanol–water partition coefficient (Wildman–Crippen LogP) is 1.16. The van der Waals surface area contributed by atoms with E-state index < -0.39 is 11.8 Å². The lowest BCUT2D eigenvalue weighted by molar-refractivity contribution is -0.123. The fraction of sp³-hybridized carbons (Fsp3) is 0.250. The quantitative estimate of drug-likeness (QED) is 0.889. The minimum absolute atomic E-state index is 0.107. The van der Waals surface area contributed by atoms with Gasteiger partial charge in [0, 0.05) is 17.4 Å². The van der Waals surface area contributed by atoms with Crippen LogP contribution in [-0.2, 0) is 9.59 Å². The van der Waals surface area contributed by atoms with E-state index >= 15 is 0 Å². The molecule has 0 saturated carbocycles. The molecule has 2 amide bonds. The van der Waals surface area contributed by atoms with Crippen LogP contribution in [0.15, 0.2) is 22.7 Å². The number of hydrogen-bond acceptors (Lipinski definition) is 3. The smallest absolute Gasteiger partial charge is 0.227 e. The fourth-order valence-corrected chi connectivity index (χ4v) is 2.33. The van der Waals surface area contributed by atoms with E-state index in [1.54, 1.807) is 18.2 Å². The summed E-state index contributed by atoms with van der Waals surface area (Å²) >= 11 is 3.27. The number of halogens is 1. The Kier molecular flexibility index (Phi) is 3.34. The Hall–Kier alpha value is -1.87. The normalized spacial score (nSPS) is 18.8. The molecule has 0 aromatic heterocycles. The van der Waals surface area contributed by atoms with Crippen LogP contribution in [0.25, 0.3) is 0 Å². The van der Waals surface area contributed by atoms with Crippen molar-refractivity contribution in [2.75, 3.05) is 11.4 Å². The van der Waals surface area contributed by atoms with Crippen LogP contribution in [-0.4, -0.2) is 18.4 Å². The molecule has 0 bridgehead atoms. The molecule has 1 fully saturated rings. The van der Waals surface area contributed by atoms with Gasteiger partial charge in [0.2, 0.25) is 11.8 Å². The van der Waals surface area contributed by atoms with Crippen LogP contribution < -0.4 is 10.6 Å². The van der Waals surface area contributed by atoms with Crippen molar-refractivity contribution >= 4 is 33.4 Å². The van der Waals surface area contributed by atoms with Gasteiger partial charge >= 0.3 is 0 Å². The van der Waals surface area contributed by atoms with Gasteiger partial charge in [-0.25, -0.2) is 0 Å². The average Bonchev–Trinajstić information content (AvgIpc) is 2.71. The van der Waals surface area contributed by atoms with E-state index in [0.29, 0.717) is 11.3 Å². The maximum atomic E-state index is 11.8. The number of anilines is 1. The lowest BCUT2D eigenvalue weighted by atomic mass is 10.1. The summed E-state index contributed by atoms with van der Waals surface area (Å²) in [6, 6.07) is 7.11. The number of primary amides is 1. The first-order valence-corrected chi connectivity index (χ1v) is 6.11. The summed E-state index contributed by atoms with van der Waals surface area (Å²) in [5.74, 6) is -1.15. The molecule has 1 aromatic rings. The van der Waals surface area contributed by atoms with Gasteiger partial charge in [0.25, 0.3) is 0 Å². The van der Waals surface area contributed by atoms with Crippen molar-refractivity contribution in [3.05, 3.63) is 28.2 Å². The second-order valence-corrected chi connectivity index (χ2v) is 5.00. The van der Waals surface area contributed by atoms with Gasteiger partial charge in [-0.05, 0) is 18.2 Å². The molecule has 0 aliphatic carbocycles. The van der Waals surface area contributed by atoms with Crippen LogP contribution in [0.5, 0.6) is 0 Å². The molecular formula is C12H10BrN3O2. The largest absolute Gasteiger partial charge is 0.369 e. The molecule has 92 valence electrons. The Labute approximate surface area is 112 Å². The highest BCUT2D eigenvalue weighted by molar-refractivity contribution is 9.10. The van der Waals surface area contributed by atoms with E-state index in [9.17, 15) is 9.59 Å². The number of benzene rings is 1. The van der Waals surface area contributed by atoms with E-state index in [-0.39, 0.29) is 18.9 Å². The Bertz CT molecular complexity index is 565. The van der Waals surface area contributed by atoms with Crippen LogP contribution in [0, 0.1) is 17.2 Å². The maximum absolute atomic E-state index is 11.8. The first-order chi connectivity index (χ1) is 8.52. The zero-order valence-electron chi connectivity index (χ0n) is 9.39. The summed E-state index contributed by atoms with van der Waals surface area (Å²) in [4.78, 5) is 24.4. The number of nitrogens with zero attached hydrogens (tertiary/aromatic N) is 2. The molecule has 2 rings (SSSR count). The lowest BCUT2D eigenvalue weighted by Crippen LogP contribution is -2.28. The van der Waals surface area contributed by atoms with Gasteiger partial charge < -0.3 is 10.6 Å². The summed E-state index contributed by atoms with van der Waals surface area (Å²) in [6.07, 6.45) is 0.107. The standard InChI is InChI=1S/C12H10BrN3O2/c13-9-1-2-10(7(3-9)5-14)16-6-8(12(15)18)4-11(16)17/h1-3,8H,4,6H2,(H2,15,18). The van der Waals surface area contributed by atoms with E-state index in [2.05, 4.69) is 15.9 Å². The number of carbonyl (C=O) groups excluding carboxylic acids is 2. The molecule has 1 saturated heterocycles. The average molecular weight is 308 g/mol. The Balaban J connectivity index is 2.36. The highest BCUT2D eigenvalue weighted by atomic mass is 79.9. The van der Waals surface area contributed by atoms with Crippen molar-refractivity contribution in [1.29, 1.82) is 5.26 Å². The molecule has 1 unspecified atom stereocenters. The molecule has 1 aliphatic heterocycles. The number of rotatable bonds is 2. The van der Waals surface area contributed by atoms with Crippen LogP contribution >= 0.6 is 15.9 Å². The van der Waals surface area contributed by atoms with Gasteiger partial charge in [0.1, 0.15) is 6.07 Å². The van der Waals surface area contributed by atoms with Gasteiger partial charge in [0.05, 0.1) is 17.2 Å². The molecule has 2 N–H and O–H groups in total. The molecular weight excluding hydrogens is 298 g/mol. The topological polar surface area (TPSA) is 87.2 Å². The summed E-state index contributed by atoms with van der Waals surface area (Å²) in [5, 5.41) is 9.06. The third-order valence-corrected chi connectivity index (χ3v) is 3.39. The lowest BCUT2D eigenvalue weighted by Gasteiger charge is -2.17. The van der Waals surface area contributed by atoms with Crippen LogP contribution in [0.1, 0.15) is 12.0 Å². The first kappa shape index (κ1) is 12.6. The predicted molar refractivity (Wildman–Crippen MR) is 68.5 cm³/mol. The second kappa shape index (κ2) is 4.78. The number of hydrogen-bond donors (Lipinski definition) is 1. The van der Waals surface area contributed by atoms with Crippen molar-refractivity contribution in [1.82, 2.24) is 0 Å². The Morgan fingerprint density at radius 1 is 1.56 bits per heavy atom. The molecule has 1 aliphatic rings. The molecule has 0 spiro atoms.